The Bertz CT molecular complexity index is 423. The summed E-state index contributed by atoms with van der Waals surface area (Å²) in [6, 6.07) is 0. The van der Waals surface area contributed by atoms with E-state index >= 15 is 0 Å². The van der Waals surface area contributed by atoms with Crippen LogP contribution in [0.5, 0.6) is 0 Å². The highest BCUT2D eigenvalue weighted by Crippen LogP contribution is 2.59. The van der Waals surface area contributed by atoms with Gasteiger partial charge in [0.2, 0.25) is 0 Å². The first-order chi connectivity index (χ1) is 9.37. The number of rotatable bonds is 8. The maximum absolute atomic E-state index is 12.3. The lowest BCUT2D eigenvalue weighted by Gasteiger charge is -2.30. The van der Waals surface area contributed by atoms with Crippen LogP contribution in [0.3, 0.4) is 0 Å². The molecule has 1 aliphatic carbocycles. The van der Waals surface area contributed by atoms with Gasteiger partial charge >= 0.3 is 0 Å². The van der Waals surface area contributed by atoms with Gasteiger partial charge < -0.3 is 5.32 Å². The molecule has 0 amide bonds. The van der Waals surface area contributed by atoms with Gasteiger partial charge in [-0.3, -0.25) is 0 Å². The van der Waals surface area contributed by atoms with Crippen molar-refractivity contribution in [2.75, 3.05) is 18.1 Å². The summed E-state index contributed by atoms with van der Waals surface area (Å²) in [5.41, 5.74) is 0.313. The average molecular weight is 318 g/mol. The molecule has 0 aromatic carbocycles. The lowest BCUT2D eigenvalue weighted by Crippen LogP contribution is -2.36. The first-order valence-electron chi connectivity index (χ1n) is 8.32. The Morgan fingerprint density at radius 3 is 1.95 bits per heavy atom. The molecule has 0 spiro atoms. The molecular formula is C17H35NO2S. The fourth-order valence-corrected chi connectivity index (χ4v) is 5.19. The van der Waals surface area contributed by atoms with E-state index in [4.69, 9.17) is 0 Å². The van der Waals surface area contributed by atoms with Crippen LogP contribution in [0, 0.1) is 10.8 Å². The smallest absolute Gasteiger partial charge is 0.150 e. The quantitative estimate of drug-likeness (QED) is 0.693. The van der Waals surface area contributed by atoms with Crippen molar-refractivity contribution in [3.05, 3.63) is 0 Å². The summed E-state index contributed by atoms with van der Waals surface area (Å²) in [5, 5.41) is 3.44. The number of hydrogen-bond acceptors (Lipinski definition) is 3. The van der Waals surface area contributed by atoms with Gasteiger partial charge in [0, 0.05) is 5.54 Å². The Balaban J connectivity index is 2.26. The first-order valence-corrected chi connectivity index (χ1v) is 10.1. The average Bonchev–Trinajstić information content (AvgIpc) is 3.01. The van der Waals surface area contributed by atoms with Crippen LogP contribution in [0.15, 0.2) is 0 Å². The molecule has 1 saturated carbocycles. The van der Waals surface area contributed by atoms with Crippen molar-refractivity contribution < 1.29 is 8.42 Å². The summed E-state index contributed by atoms with van der Waals surface area (Å²) >= 11 is 0. The minimum absolute atomic E-state index is 0.0552. The predicted octanol–water partition coefficient (Wildman–Crippen LogP) is 3.79. The van der Waals surface area contributed by atoms with E-state index in [1.807, 2.05) is 0 Å². The number of nitrogens with one attached hydrogen (secondary N) is 1. The van der Waals surface area contributed by atoms with Crippen molar-refractivity contribution in [1.29, 1.82) is 0 Å². The fraction of sp³-hybridized carbons (Fsp3) is 1.00. The van der Waals surface area contributed by atoms with E-state index in [-0.39, 0.29) is 16.4 Å². The minimum Gasteiger partial charge on any atom is -0.312 e. The van der Waals surface area contributed by atoms with Crippen molar-refractivity contribution >= 4 is 9.84 Å². The molecule has 3 nitrogen and oxygen atoms in total. The van der Waals surface area contributed by atoms with Crippen LogP contribution in [0.2, 0.25) is 0 Å². The van der Waals surface area contributed by atoms with Gasteiger partial charge in [0.15, 0.2) is 9.84 Å². The zero-order valence-corrected chi connectivity index (χ0v) is 15.7. The molecule has 4 heteroatoms. The summed E-state index contributed by atoms with van der Waals surface area (Å²) in [4.78, 5) is 0. The summed E-state index contributed by atoms with van der Waals surface area (Å²) in [7, 11) is -2.90. The number of hydrogen-bond donors (Lipinski definition) is 1. The Morgan fingerprint density at radius 1 is 0.952 bits per heavy atom. The van der Waals surface area contributed by atoms with Crippen LogP contribution in [0.25, 0.3) is 0 Å². The molecule has 0 aliphatic heterocycles. The Hall–Kier alpha value is -0.0900. The van der Waals surface area contributed by atoms with Gasteiger partial charge in [-0.2, -0.15) is 0 Å². The van der Waals surface area contributed by atoms with Gasteiger partial charge in [0.1, 0.15) is 0 Å². The molecular weight excluding hydrogens is 282 g/mol. The molecule has 1 fully saturated rings. The van der Waals surface area contributed by atoms with E-state index in [1.54, 1.807) is 0 Å². The monoisotopic (exact) mass is 317 g/mol. The lowest BCUT2D eigenvalue weighted by molar-refractivity contribution is 0.239. The van der Waals surface area contributed by atoms with E-state index in [1.165, 1.54) is 0 Å². The third kappa shape index (κ3) is 6.68. The van der Waals surface area contributed by atoms with Gasteiger partial charge in [0.05, 0.1) is 11.5 Å². The maximum atomic E-state index is 12.3. The van der Waals surface area contributed by atoms with Crippen molar-refractivity contribution in [3.8, 4) is 0 Å². The molecule has 126 valence electrons. The van der Waals surface area contributed by atoms with E-state index in [0.717, 1.165) is 38.6 Å². The van der Waals surface area contributed by atoms with E-state index < -0.39 is 9.84 Å². The highest BCUT2D eigenvalue weighted by molar-refractivity contribution is 7.91. The third-order valence-corrected chi connectivity index (χ3v) is 6.63. The van der Waals surface area contributed by atoms with Gasteiger partial charge in [-0.05, 0) is 63.8 Å². The van der Waals surface area contributed by atoms with Gasteiger partial charge in [-0.1, -0.05) is 27.2 Å². The number of unbranched alkanes of at least 4 members (excludes halogenated alkanes) is 2. The van der Waals surface area contributed by atoms with Crippen LogP contribution in [-0.4, -0.2) is 32.0 Å². The molecule has 0 heterocycles. The normalized spacial score (nSPS) is 18.8. The molecule has 0 bridgehead atoms. The summed E-state index contributed by atoms with van der Waals surface area (Å²) < 4.78 is 24.6. The van der Waals surface area contributed by atoms with Gasteiger partial charge in [-0.25, -0.2) is 8.42 Å². The second-order valence-electron chi connectivity index (χ2n) is 8.86. The highest BCUT2D eigenvalue weighted by Gasteiger charge is 2.53. The Labute approximate surface area is 132 Å². The standard InChI is InChI=1S/C17H35NO2S/c1-15(2,3)17(10-11-17)14-21(19,20)13-9-7-8-12-18-16(4,5)6/h18H,7-14H2,1-6H3. The van der Waals surface area contributed by atoms with Crippen molar-refractivity contribution in [2.45, 2.75) is 79.2 Å². The second kappa shape index (κ2) is 6.57. The molecule has 1 N–H and O–H groups in total. The van der Waals surface area contributed by atoms with Crippen LogP contribution in [-0.2, 0) is 9.84 Å². The molecule has 0 saturated heterocycles. The van der Waals surface area contributed by atoms with E-state index in [0.29, 0.717) is 11.5 Å². The molecule has 0 aromatic rings. The first kappa shape index (κ1) is 19.0. The SMILES string of the molecule is CC(C)(C)NCCCCCS(=O)(=O)CC1(C(C)(C)C)CC1. The van der Waals surface area contributed by atoms with Crippen molar-refractivity contribution in [1.82, 2.24) is 5.32 Å². The van der Waals surface area contributed by atoms with Crippen LogP contribution >= 0.6 is 0 Å². The number of sulfone groups is 1. The summed E-state index contributed by atoms with van der Waals surface area (Å²) in [6.07, 6.45) is 4.99. The van der Waals surface area contributed by atoms with Crippen LogP contribution in [0.4, 0.5) is 0 Å². The fourth-order valence-electron chi connectivity index (χ4n) is 2.84. The molecule has 0 radical (unpaired) electrons. The second-order valence-corrected chi connectivity index (χ2v) is 11.0. The predicted molar refractivity (Wildman–Crippen MR) is 91.4 cm³/mol. The largest absolute Gasteiger partial charge is 0.312 e. The van der Waals surface area contributed by atoms with E-state index in [9.17, 15) is 8.42 Å². The van der Waals surface area contributed by atoms with Crippen molar-refractivity contribution in [3.63, 3.8) is 0 Å². The molecule has 0 atom stereocenters. The highest BCUT2D eigenvalue weighted by atomic mass is 32.2. The molecule has 1 aliphatic rings. The lowest BCUT2D eigenvalue weighted by atomic mass is 9.79. The third-order valence-electron chi connectivity index (χ3n) is 4.73. The Kier molecular flexibility index (Phi) is 5.93. The Morgan fingerprint density at radius 2 is 1.52 bits per heavy atom. The van der Waals surface area contributed by atoms with Crippen LogP contribution in [0.1, 0.15) is 73.6 Å². The topological polar surface area (TPSA) is 46.2 Å². The van der Waals surface area contributed by atoms with Gasteiger partial charge in [0.25, 0.3) is 0 Å². The molecule has 1 rings (SSSR count). The summed E-state index contributed by atoms with van der Waals surface area (Å²) in [6.45, 7) is 13.9. The molecule has 21 heavy (non-hydrogen) atoms. The molecule has 0 aromatic heterocycles. The van der Waals surface area contributed by atoms with Gasteiger partial charge in [-0.15, -0.1) is 0 Å². The maximum Gasteiger partial charge on any atom is 0.150 e. The van der Waals surface area contributed by atoms with E-state index in [2.05, 4.69) is 46.9 Å². The molecule has 0 unspecified atom stereocenters. The van der Waals surface area contributed by atoms with Crippen molar-refractivity contribution in [2.24, 2.45) is 10.8 Å². The minimum atomic E-state index is -2.90. The summed E-state index contributed by atoms with van der Waals surface area (Å²) in [5.74, 6) is 0.754. The zero-order valence-electron chi connectivity index (χ0n) is 14.9. The zero-order chi connectivity index (χ0) is 16.4. The van der Waals surface area contributed by atoms with Crippen LogP contribution < -0.4 is 5.32 Å².